The van der Waals surface area contributed by atoms with Crippen molar-refractivity contribution in [3.05, 3.63) is 73.9 Å². The molecule has 3 amide bonds. The number of ether oxygens (including phenoxy) is 1. The number of carbonyl (C=O) groups is 2. The third kappa shape index (κ3) is 4.06. The first-order valence-electron chi connectivity index (χ1n) is 7.42. The number of amides is 3. The first kappa shape index (κ1) is 17.6. The Morgan fingerprint density at radius 2 is 1.85 bits per heavy atom. The molecule has 1 aliphatic rings. The van der Waals surface area contributed by atoms with E-state index in [0.29, 0.717) is 11.3 Å². The second-order valence-electron chi connectivity index (χ2n) is 5.36. The van der Waals surface area contributed by atoms with Crippen LogP contribution in [0.5, 0.6) is 5.75 Å². The number of hydrogen-bond donors (Lipinski definition) is 2. The average molecular weight is 418 g/mol. The van der Waals surface area contributed by atoms with Crippen LogP contribution < -0.4 is 15.4 Å². The molecule has 0 spiro atoms. The third-order valence-corrected chi connectivity index (χ3v) is 4.03. The highest BCUT2D eigenvalue weighted by molar-refractivity contribution is 9.10. The molecule has 1 saturated heterocycles. The zero-order valence-electron chi connectivity index (χ0n) is 13.2. The minimum atomic E-state index is -0.579. The fraction of sp³-hybridized carbons (Fsp3) is 0.0588. The van der Waals surface area contributed by atoms with E-state index in [1.165, 1.54) is 18.2 Å². The van der Waals surface area contributed by atoms with Crippen molar-refractivity contribution in [2.45, 2.75) is 6.61 Å². The molecule has 0 bridgehead atoms. The van der Waals surface area contributed by atoms with Crippen LogP contribution >= 0.6 is 15.9 Å². The van der Waals surface area contributed by atoms with E-state index in [1.54, 1.807) is 30.3 Å². The van der Waals surface area contributed by atoms with Gasteiger partial charge >= 0.3 is 6.03 Å². The molecule has 0 aliphatic carbocycles. The number of urea groups is 1. The highest BCUT2D eigenvalue weighted by atomic mass is 79.9. The summed E-state index contributed by atoms with van der Waals surface area (Å²) in [6, 6.07) is 10.7. The van der Waals surface area contributed by atoms with Gasteiger partial charge in [-0.05, 0) is 42.0 Å². The lowest BCUT2D eigenvalue weighted by Gasteiger charge is -2.10. The number of imide groups is 1. The van der Waals surface area contributed by atoms with E-state index in [4.69, 9.17) is 4.74 Å². The molecule has 2 aromatic rings. The zero-order chi connectivity index (χ0) is 18.7. The van der Waals surface area contributed by atoms with Crippen molar-refractivity contribution in [2.24, 2.45) is 0 Å². The summed E-state index contributed by atoms with van der Waals surface area (Å²) < 4.78 is 6.55. The van der Waals surface area contributed by atoms with Crippen molar-refractivity contribution < 1.29 is 19.2 Å². The Kier molecular flexibility index (Phi) is 4.99. The minimum Gasteiger partial charge on any atom is -0.488 e. The van der Waals surface area contributed by atoms with Crippen molar-refractivity contribution in [3.63, 3.8) is 0 Å². The monoisotopic (exact) mass is 417 g/mol. The predicted molar refractivity (Wildman–Crippen MR) is 96.2 cm³/mol. The molecule has 2 aromatic carbocycles. The van der Waals surface area contributed by atoms with Crippen molar-refractivity contribution in [3.8, 4) is 5.75 Å². The van der Waals surface area contributed by atoms with Gasteiger partial charge in [-0.15, -0.1) is 0 Å². The molecule has 9 heteroatoms. The van der Waals surface area contributed by atoms with Gasteiger partial charge in [0.2, 0.25) is 0 Å². The van der Waals surface area contributed by atoms with Gasteiger partial charge < -0.3 is 10.1 Å². The van der Waals surface area contributed by atoms with Gasteiger partial charge in [-0.3, -0.25) is 20.2 Å². The summed E-state index contributed by atoms with van der Waals surface area (Å²) >= 11 is 3.35. The maximum atomic E-state index is 11.7. The molecule has 1 heterocycles. The average Bonchev–Trinajstić information content (AvgIpc) is 2.92. The molecule has 0 aromatic heterocycles. The van der Waals surface area contributed by atoms with Crippen molar-refractivity contribution >= 4 is 39.6 Å². The Morgan fingerprint density at radius 3 is 2.46 bits per heavy atom. The van der Waals surface area contributed by atoms with Crippen LogP contribution in [0.1, 0.15) is 11.1 Å². The van der Waals surface area contributed by atoms with Crippen molar-refractivity contribution in [1.82, 2.24) is 10.6 Å². The number of nitro groups is 1. The molecule has 0 unspecified atom stereocenters. The Morgan fingerprint density at radius 1 is 1.12 bits per heavy atom. The number of halogens is 1. The van der Waals surface area contributed by atoms with E-state index in [0.717, 1.165) is 10.0 Å². The number of nitrogens with zero attached hydrogens (tertiary/aromatic N) is 1. The first-order valence-corrected chi connectivity index (χ1v) is 8.21. The summed E-state index contributed by atoms with van der Waals surface area (Å²) in [5.74, 6) is -0.0238. The Hall–Kier alpha value is -3.20. The van der Waals surface area contributed by atoms with E-state index in [2.05, 4.69) is 26.6 Å². The van der Waals surface area contributed by atoms with E-state index in [-0.39, 0.29) is 18.0 Å². The van der Waals surface area contributed by atoms with Gasteiger partial charge in [0.05, 0.1) is 4.92 Å². The second-order valence-corrected chi connectivity index (χ2v) is 6.28. The predicted octanol–water partition coefficient (Wildman–Crippen LogP) is 3.12. The molecule has 1 aliphatic heterocycles. The molecule has 1 fully saturated rings. The molecular weight excluding hydrogens is 406 g/mol. The number of rotatable bonds is 5. The SMILES string of the molecule is O=C1NC(=O)/C(=C/c2cc(Br)ccc2OCc2ccc([N+](=O)[O-])cc2)N1. The highest BCUT2D eigenvalue weighted by Gasteiger charge is 2.23. The van der Waals surface area contributed by atoms with Gasteiger partial charge in [-0.2, -0.15) is 0 Å². The summed E-state index contributed by atoms with van der Waals surface area (Å²) in [5.41, 5.74) is 1.47. The molecule has 0 atom stereocenters. The van der Waals surface area contributed by atoms with Crippen LogP contribution in [0.3, 0.4) is 0 Å². The first-order chi connectivity index (χ1) is 12.4. The van der Waals surface area contributed by atoms with Gasteiger partial charge in [-0.1, -0.05) is 15.9 Å². The van der Waals surface area contributed by atoms with Crippen LogP contribution in [0, 0.1) is 10.1 Å². The fourth-order valence-electron chi connectivity index (χ4n) is 2.28. The number of nitrogens with one attached hydrogen (secondary N) is 2. The van der Waals surface area contributed by atoms with E-state index in [1.807, 2.05) is 0 Å². The maximum Gasteiger partial charge on any atom is 0.326 e. The summed E-state index contributed by atoms with van der Waals surface area (Å²) in [6.07, 6.45) is 1.51. The Balaban J connectivity index is 1.80. The number of carbonyl (C=O) groups excluding carboxylic acids is 2. The normalized spacial score (nSPS) is 14.9. The van der Waals surface area contributed by atoms with Crippen LogP contribution in [0.4, 0.5) is 10.5 Å². The van der Waals surface area contributed by atoms with Crippen LogP contribution in [0.15, 0.2) is 52.6 Å². The summed E-state index contributed by atoms with van der Waals surface area (Å²) in [7, 11) is 0. The van der Waals surface area contributed by atoms with Crippen LogP contribution in [0.2, 0.25) is 0 Å². The summed E-state index contributed by atoms with van der Waals surface area (Å²) in [4.78, 5) is 33.1. The smallest absolute Gasteiger partial charge is 0.326 e. The topological polar surface area (TPSA) is 111 Å². The fourth-order valence-corrected chi connectivity index (χ4v) is 2.66. The van der Waals surface area contributed by atoms with Gasteiger partial charge in [0, 0.05) is 22.2 Å². The largest absolute Gasteiger partial charge is 0.488 e. The van der Waals surface area contributed by atoms with Crippen LogP contribution in [0.25, 0.3) is 6.08 Å². The molecule has 132 valence electrons. The third-order valence-electron chi connectivity index (χ3n) is 3.53. The zero-order valence-corrected chi connectivity index (χ0v) is 14.8. The molecule has 2 N–H and O–H groups in total. The van der Waals surface area contributed by atoms with Gasteiger partial charge in [0.25, 0.3) is 11.6 Å². The van der Waals surface area contributed by atoms with E-state index in [9.17, 15) is 19.7 Å². The van der Waals surface area contributed by atoms with Gasteiger partial charge in [0.15, 0.2) is 0 Å². The minimum absolute atomic E-state index is 0.00537. The molecule has 0 radical (unpaired) electrons. The molecular formula is C17H12BrN3O5. The van der Waals surface area contributed by atoms with Crippen molar-refractivity contribution in [2.75, 3.05) is 0 Å². The molecule has 26 heavy (non-hydrogen) atoms. The quantitative estimate of drug-likeness (QED) is 0.336. The lowest BCUT2D eigenvalue weighted by atomic mass is 10.1. The standard InChI is InChI=1S/C17H12BrN3O5/c18-12-3-6-15(11(7-12)8-14-16(22)20-17(23)19-14)26-9-10-1-4-13(5-2-10)21(24)25/h1-8H,9H2,(H2,19,20,22,23)/b14-8-. The Bertz CT molecular complexity index is 924. The summed E-state index contributed by atoms with van der Waals surface area (Å²) in [5, 5.41) is 15.2. The Labute approximate surface area is 156 Å². The maximum absolute atomic E-state index is 11.7. The van der Waals surface area contributed by atoms with Gasteiger partial charge in [0.1, 0.15) is 18.1 Å². The van der Waals surface area contributed by atoms with Crippen LogP contribution in [-0.2, 0) is 11.4 Å². The number of non-ortho nitro benzene ring substituents is 1. The van der Waals surface area contributed by atoms with E-state index < -0.39 is 16.9 Å². The lowest BCUT2D eigenvalue weighted by Crippen LogP contribution is -2.22. The lowest BCUT2D eigenvalue weighted by molar-refractivity contribution is -0.384. The molecule has 0 saturated carbocycles. The summed E-state index contributed by atoms with van der Waals surface area (Å²) in [6.45, 7) is 0.189. The second kappa shape index (κ2) is 7.36. The van der Waals surface area contributed by atoms with Gasteiger partial charge in [-0.25, -0.2) is 4.79 Å². The number of nitro benzene ring substituents is 1. The number of hydrogen-bond acceptors (Lipinski definition) is 5. The molecule has 3 rings (SSSR count). The van der Waals surface area contributed by atoms with Crippen molar-refractivity contribution in [1.29, 1.82) is 0 Å². The highest BCUT2D eigenvalue weighted by Crippen LogP contribution is 2.27. The van der Waals surface area contributed by atoms with E-state index >= 15 is 0 Å². The number of benzene rings is 2. The molecule has 8 nitrogen and oxygen atoms in total. The van der Waals surface area contributed by atoms with Crippen LogP contribution in [-0.4, -0.2) is 16.9 Å².